The molecule has 1 amide bonds. The van der Waals surface area contributed by atoms with Gasteiger partial charge in [-0.3, -0.25) is 4.79 Å². The van der Waals surface area contributed by atoms with Gasteiger partial charge in [-0.05, 0) is 43.3 Å². The SMILES string of the molecule is Cc1ccc(C(=O)N2CCOCC2)cc1NC(=S)N1CCc2c(-c3cnc(N)nc3)nc(N3CCOCC3)nc21. The summed E-state index contributed by atoms with van der Waals surface area (Å²) in [6.07, 6.45) is 4.08. The fourth-order valence-corrected chi connectivity index (χ4v) is 5.35. The van der Waals surface area contributed by atoms with Gasteiger partial charge in [0.15, 0.2) is 5.11 Å². The van der Waals surface area contributed by atoms with Gasteiger partial charge in [-0.15, -0.1) is 0 Å². The number of rotatable bonds is 4. The Balaban J connectivity index is 1.30. The Kier molecular flexibility index (Phi) is 7.41. The number of hydrogen-bond donors (Lipinski definition) is 2. The second-order valence-electron chi connectivity index (χ2n) is 9.87. The molecule has 3 aliphatic rings. The van der Waals surface area contributed by atoms with Crippen LogP contribution >= 0.6 is 12.2 Å². The molecule has 6 rings (SSSR count). The van der Waals surface area contributed by atoms with E-state index in [1.165, 1.54) is 0 Å². The van der Waals surface area contributed by atoms with Crippen molar-refractivity contribution in [2.45, 2.75) is 13.3 Å². The topological polar surface area (TPSA) is 135 Å². The Labute approximate surface area is 237 Å². The smallest absolute Gasteiger partial charge is 0.254 e. The van der Waals surface area contributed by atoms with Gasteiger partial charge in [-0.1, -0.05) is 6.07 Å². The molecule has 208 valence electrons. The number of carbonyl (C=O) groups is 1. The molecule has 3 aromatic rings. The minimum Gasteiger partial charge on any atom is -0.378 e. The Bertz CT molecular complexity index is 1420. The van der Waals surface area contributed by atoms with E-state index in [4.69, 9.17) is 37.4 Å². The van der Waals surface area contributed by atoms with Crippen LogP contribution in [-0.2, 0) is 15.9 Å². The first-order valence-electron chi connectivity index (χ1n) is 13.4. The number of nitrogens with zero attached hydrogens (tertiary/aromatic N) is 7. The van der Waals surface area contributed by atoms with Gasteiger partial charge in [0.05, 0.1) is 32.1 Å². The monoisotopic (exact) mass is 561 g/mol. The Morgan fingerprint density at radius 3 is 2.42 bits per heavy atom. The van der Waals surface area contributed by atoms with Crippen LogP contribution in [-0.4, -0.2) is 95.0 Å². The number of anilines is 4. The zero-order valence-corrected chi connectivity index (χ0v) is 23.1. The molecule has 13 heteroatoms. The number of aromatic nitrogens is 4. The van der Waals surface area contributed by atoms with Gasteiger partial charge in [0.2, 0.25) is 11.9 Å². The van der Waals surface area contributed by atoms with Crippen molar-refractivity contribution >= 4 is 46.6 Å². The number of carbonyl (C=O) groups excluding carboxylic acids is 1. The van der Waals surface area contributed by atoms with E-state index in [0.717, 1.165) is 33.9 Å². The summed E-state index contributed by atoms with van der Waals surface area (Å²) in [5.41, 5.74) is 10.6. The maximum atomic E-state index is 13.1. The summed E-state index contributed by atoms with van der Waals surface area (Å²) in [6.45, 7) is 7.54. The van der Waals surface area contributed by atoms with Crippen LogP contribution < -0.4 is 20.9 Å². The maximum absolute atomic E-state index is 13.1. The molecule has 3 N–H and O–H groups in total. The van der Waals surface area contributed by atoms with Gasteiger partial charge in [-0.2, -0.15) is 4.98 Å². The number of nitrogens with two attached hydrogens (primary N) is 1. The van der Waals surface area contributed by atoms with Crippen molar-refractivity contribution in [2.75, 3.05) is 80.0 Å². The van der Waals surface area contributed by atoms with E-state index in [-0.39, 0.29) is 11.9 Å². The zero-order valence-electron chi connectivity index (χ0n) is 22.3. The number of amides is 1. The fraction of sp³-hybridized carbons (Fsp3) is 0.407. The molecule has 0 atom stereocenters. The molecule has 1 aromatic carbocycles. The summed E-state index contributed by atoms with van der Waals surface area (Å²) in [7, 11) is 0. The average Bonchev–Trinajstić information content (AvgIpc) is 3.43. The molecule has 5 heterocycles. The molecule has 2 aromatic heterocycles. The van der Waals surface area contributed by atoms with Crippen LogP contribution in [0.25, 0.3) is 11.3 Å². The largest absolute Gasteiger partial charge is 0.378 e. The Morgan fingerprint density at radius 2 is 1.70 bits per heavy atom. The molecule has 2 fully saturated rings. The lowest BCUT2D eigenvalue weighted by Gasteiger charge is -2.29. The number of benzene rings is 1. The second-order valence-corrected chi connectivity index (χ2v) is 10.3. The fourth-order valence-electron chi connectivity index (χ4n) is 5.07. The maximum Gasteiger partial charge on any atom is 0.254 e. The predicted molar refractivity (Wildman–Crippen MR) is 156 cm³/mol. The molecule has 0 unspecified atom stereocenters. The molecule has 12 nitrogen and oxygen atoms in total. The van der Waals surface area contributed by atoms with Crippen LogP contribution in [0.2, 0.25) is 0 Å². The molecular weight excluding hydrogens is 530 g/mol. The Morgan fingerprint density at radius 1 is 1.00 bits per heavy atom. The lowest BCUT2D eigenvalue weighted by molar-refractivity contribution is 0.0303. The third-order valence-electron chi connectivity index (χ3n) is 7.32. The first kappa shape index (κ1) is 26.3. The van der Waals surface area contributed by atoms with Crippen molar-refractivity contribution in [1.29, 1.82) is 0 Å². The minimum absolute atomic E-state index is 0.0120. The number of nitrogens with one attached hydrogen (secondary N) is 1. The van der Waals surface area contributed by atoms with Crippen molar-refractivity contribution in [3.8, 4) is 11.3 Å². The standard InChI is InChI=1S/C27H31N9O3S/c1-17-2-3-18(24(37)34-6-10-38-11-7-34)14-21(17)31-27(40)36-5-4-20-22(19-15-29-25(28)30-16-19)32-26(33-23(20)36)35-8-12-39-13-9-35/h2-3,14-16H,4-13H2,1H3,(H,31,40)(H2,28,29,30). The molecular formula is C27H31N9O3S. The van der Waals surface area contributed by atoms with E-state index in [1.807, 2.05) is 34.9 Å². The highest BCUT2D eigenvalue weighted by molar-refractivity contribution is 7.80. The van der Waals surface area contributed by atoms with Gasteiger partial charge in [0.25, 0.3) is 5.91 Å². The van der Waals surface area contributed by atoms with Crippen LogP contribution in [0.5, 0.6) is 0 Å². The number of thiocarbonyl (C=S) groups is 1. The molecule has 2 saturated heterocycles. The summed E-state index contributed by atoms with van der Waals surface area (Å²) in [5, 5.41) is 3.89. The molecule has 0 radical (unpaired) electrons. The average molecular weight is 562 g/mol. The van der Waals surface area contributed by atoms with Crippen LogP contribution in [0.4, 0.5) is 23.4 Å². The molecule has 0 spiro atoms. The number of nitrogen functional groups attached to an aromatic ring is 1. The van der Waals surface area contributed by atoms with Crippen molar-refractivity contribution < 1.29 is 14.3 Å². The summed E-state index contributed by atoms with van der Waals surface area (Å²) < 4.78 is 10.9. The van der Waals surface area contributed by atoms with E-state index >= 15 is 0 Å². The minimum atomic E-state index is -0.0120. The van der Waals surface area contributed by atoms with Gasteiger partial charge in [-0.25, -0.2) is 15.0 Å². The number of fused-ring (bicyclic) bond motifs is 1. The molecule has 40 heavy (non-hydrogen) atoms. The first-order valence-corrected chi connectivity index (χ1v) is 13.8. The van der Waals surface area contributed by atoms with Crippen molar-refractivity contribution in [3.63, 3.8) is 0 Å². The third-order valence-corrected chi connectivity index (χ3v) is 7.65. The molecule has 0 saturated carbocycles. The number of ether oxygens (including phenoxy) is 2. The number of hydrogen-bond acceptors (Lipinski definition) is 10. The van der Waals surface area contributed by atoms with Crippen LogP contribution in [0.3, 0.4) is 0 Å². The van der Waals surface area contributed by atoms with Gasteiger partial charge < -0.3 is 35.2 Å². The van der Waals surface area contributed by atoms with Gasteiger partial charge in [0.1, 0.15) is 5.82 Å². The third kappa shape index (κ3) is 5.27. The van der Waals surface area contributed by atoms with Crippen molar-refractivity contribution in [2.24, 2.45) is 0 Å². The summed E-state index contributed by atoms with van der Waals surface area (Å²) in [6, 6.07) is 5.66. The Hall–Kier alpha value is -3.94. The molecule has 3 aliphatic heterocycles. The highest BCUT2D eigenvalue weighted by Gasteiger charge is 2.31. The van der Waals surface area contributed by atoms with Crippen LogP contribution in [0.1, 0.15) is 21.5 Å². The van der Waals surface area contributed by atoms with Gasteiger partial charge >= 0.3 is 0 Å². The summed E-state index contributed by atoms with van der Waals surface area (Å²) in [4.78, 5) is 37.3. The van der Waals surface area contributed by atoms with E-state index in [2.05, 4.69) is 20.2 Å². The quantitative estimate of drug-likeness (QED) is 0.451. The highest BCUT2D eigenvalue weighted by Crippen LogP contribution is 2.36. The van der Waals surface area contributed by atoms with Crippen molar-refractivity contribution in [1.82, 2.24) is 24.8 Å². The van der Waals surface area contributed by atoms with E-state index < -0.39 is 0 Å². The van der Waals surface area contributed by atoms with Gasteiger partial charge in [0, 0.05) is 67.5 Å². The number of morpholine rings is 2. The normalized spacial score (nSPS) is 17.1. The van der Waals surface area contributed by atoms with Crippen LogP contribution in [0, 0.1) is 6.92 Å². The summed E-state index contributed by atoms with van der Waals surface area (Å²) in [5.74, 6) is 1.55. The predicted octanol–water partition coefficient (Wildman–Crippen LogP) is 1.89. The zero-order chi connectivity index (χ0) is 27.6. The van der Waals surface area contributed by atoms with E-state index in [1.54, 1.807) is 12.4 Å². The number of aryl methyl sites for hydroxylation is 1. The van der Waals surface area contributed by atoms with Crippen molar-refractivity contribution in [3.05, 3.63) is 47.3 Å². The molecule has 0 bridgehead atoms. The molecule has 0 aliphatic carbocycles. The lowest BCUT2D eigenvalue weighted by atomic mass is 10.1. The van der Waals surface area contributed by atoms with E-state index in [9.17, 15) is 4.79 Å². The second kappa shape index (κ2) is 11.3. The lowest BCUT2D eigenvalue weighted by Crippen LogP contribution is -2.40. The van der Waals surface area contributed by atoms with Crippen LogP contribution in [0.15, 0.2) is 30.6 Å². The summed E-state index contributed by atoms with van der Waals surface area (Å²) >= 11 is 5.91. The van der Waals surface area contributed by atoms with E-state index in [0.29, 0.717) is 82.2 Å². The first-order chi connectivity index (χ1) is 19.5. The highest BCUT2D eigenvalue weighted by atomic mass is 32.1.